The molecule has 1 fully saturated rings. The number of carboxylic acid groups (broad SMARTS) is 1. The number of aromatic carboxylic acids is 1. The zero-order valence-electron chi connectivity index (χ0n) is 9.49. The Hall–Kier alpha value is -1.35. The summed E-state index contributed by atoms with van der Waals surface area (Å²) in [6.07, 6.45) is 2.60. The molecule has 1 aliphatic rings. The molecule has 0 amide bonds. The van der Waals surface area contributed by atoms with Crippen LogP contribution in [0.2, 0.25) is 0 Å². The van der Waals surface area contributed by atoms with Crippen molar-refractivity contribution < 1.29 is 9.90 Å². The summed E-state index contributed by atoms with van der Waals surface area (Å²) >= 11 is 0. The fourth-order valence-electron chi connectivity index (χ4n) is 1.71. The van der Waals surface area contributed by atoms with Crippen LogP contribution in [0.1, 0.15) is 35.7 Å². The van der Waals surface area contributed by atoms with Crippen molar-refractivity contribution in [1.29, 1.82) is 0 Å². The summed E-state index contributed by atoms with van der Waals surface area (Å²) < 4.78 is 0. The highest BCUT2D eigenvalue weighted by molar-refractivity contribution is 5.87. The van der Waals surface area contributed by atoms with Gasteiger partial charge in [0.05, 0.1) is 5.56 Å². The number of carboxylic acids is 1. The highest BCUT2D eigenvalue weighted by Gasteiger charge is 2.36. The fourth-order valence-corrected chi connectivity index (χ4v) is 1.71. The third kappa shape index (κ3) is 2.83. The van der Waals surface area contributed by atoms with Crippen molar-refractivity contribution in [3.8, 4) is 0 Å². The van der Waals surface area contributed by atoms with E-state index >= 15 is 0 Å². The zero-order valence-corrected chi connectivity index (χ0v) is 9.49. The van der Waals surface area contributed by atoms with Crippen molar-refractivity contribution in [3.05, 3.63) is 35.4 Å². The number of nitrogens with one attached hydrogen (secondary N) is 1. The average molecular weight is 219 g/mol. The Labute approximate surface area is 95.5 Å². The van der Waals surface area contributed by atoms with E-state index in [0.717, 1.165) is 18.7 Å². The van der Waals surface area contributed by atoms with Gasteiger partial charge in [0.2, 0.25) is 0 Å². The van der Waals surface area contributed by atoms with E-state index < -0.39 is 5.97 Å². The lowest BCUT2D eigenvalue weighted by atomic mass is 10.1. The van der Waals surface area contributed by atoms with Gasteiger partial charge in [0.15, 0.2) is 0 Å². The average Bonchev–Trinajstić information content (AvgIpc) is 2.97. The Morgan fingerprint density at radius 1 is 1.50 bits per heavy atom. The van der Waals surface area contributed by atoms with Gasteiger partial charge < -0.3 is 10.4 Å². The molecular weight excluding hydrogens is 202 g/mol. The molecule has 16 heavy (non-hydrogen) atoms. The van der Waals surface area contributed by atoms with Gasteiger partial charge in [0, 0.05) is 13.1 Å². The van der Waals surface area contributed by atoms with Crippen LogP contribution in [0.15, 0.2) is 24.3 Å². The van der Waals surface area contributed by atoms with Gasteiger partial charge in [-0.2, -0.15) is 0 Å². The van der Waals surface area contributed by atoms with Crippen LogP contribution in [-0.4, -0.2) is 17.6 Å². The Morgan fingerprint density at radius 2 is 2.25 bits per heavy atom. The van der Waals surface area contributed by atoms with Crippen LogP contribution in [-0.2, 0) is 6.54 Å². The van der Waals surface area contributed by atoms with E-state index in [1.807, 2.05) is 6.07 Å². The maximum absolute atomic E-state index is 10.8. The molecule has 86 valence electrons. The Kier molecular flexibility index (Phi) is 2.97. The van der Waals surface area contributed by atoms with Crippen LogP contribution in [0, 0.1) is 5.41 Å². The molecule has 0 atom stereocenters. The van der Waals surface area contributed by atoms with Gasteiger partial charge in [0.1, 0.15) is 0 Å². The molecular formula is C13H17NO2. The van der Waals surface area contributed by atoms with E-state index in [0.29, 0.717) is 11.0 Å². The minimum absolute atomic E-state index is 0.358. The smallest absolute Gasteiger partial charge is 0.335 e. The molecule has 0 spiro atoms. The molecule has 0 saturated heterocycles. The second-order valence-corrected chi connectivity index (χ2v) is 4.92. The summed E-state index contributed by atoms with van der Waals surface area (Å²) in [6.45, 7) is 4.04. The van der Waals surface area contributed by atoms with E-state index in [-0.39, 0.29) is 0 Å². The van der Waals surface area contributed by atoms with Crippen LogP contribution in [0.25, 0.3) is 0 Å². The molecule has 0 aromatic heterocycles. The van der Waals surface area contributed by atoms with Gasteiger partial charge in [-0.15, -0.1) is 0 Å². The first-order chi connectivity index (χ1) is 7.59. The summed E-state index contributed by atoms with van der Waals surface area (Å²) in [5, 5.41) is 12.2. The largest absolute Gasteiger partial charge is 0.478 e. The van der Waals surface area contributed by atoms with Gasteiger partial charge in [-0.1, -0.05) is 19.1 Å². The van der Waals surface area contributed by atoms with Gasteiger partial charge in [-0.25, -0.2) is 4.79 Å². The summed E-state index contributed by atoms with van der Waals surface area (Å²) in [6, 6.07) is 7.09. The van der Waals surface area contributed by atoms with E-state index in [2.05, 4.69) is 12.2 Å². The summed E-state index contributed by atoms with van der Waals surface area (Å²) in [7, 11) is 0. The Bertz CT molecular complexity index is 397. The molecule has 0 heterocycles. The summed E-state index contributed by atoms with van der Waals surface area (Å²) in [5.41, 5.74) is 1.88. The van der Waals surface area contributed by atoms with Gasteiger partial charge in [-0.3, -0.25) is 0 Å². The predicted molar refractivity (Wildman–Crippen MR) is 62.4 cm³/mol. The highest BCUT2D eigenvalue weighted by Crippen LogP contribution is 2.44. The fraction of sp³-hybridized carbons (Fsp3) is 0.462. The lowest BCUT2D eigenvalue weighted by molar-refractivity contribution is 0.0696. The first-order valence-electron chi connectivity index (χ1n) is 5.62. The number of hydrogen-bond donors (Lipinski definition) is 2. The quantitative estimate of drug-likeness (QED) is 0.798. The summed E-state index contributed by atoms with van der Waals surface area (Å²) in [5.74, 6) is -0.865. The molecule has 1 aromatic carbocycles. The third-order valence-electron chi connectivity index (χ3n) is 3.16. The number of hydrogen-bond acceptors (Lipinski definition) is 2. The Balaban J connectivity index is 1.88. The predicted octanol–water partition coefficient (Wildman–Crippen LogP) is 2.27. The third-order valence-corrected chi connectivity index (χ3v) is 3.16. The van der Waals surface area contributed by atoms with Crippen LogP contribution < -0.4 is 5.32 Å². The van der Waals surface area contributed by atoms with Crippen LogP contribution in [0.3, 0.4) is 0 Å². The van der Waals surface area contributed by atoms with E-state index in [1.165, 1.54) is 12.8 Å². The monoisotopic (exact) mass is 219 g/mol. The van der Waals surface area contributed by atoms with Gasteiger partial charge in [-0.05, 0) is 36.0 Å². The maximum Gasteiger partial charge on any atom is 0.335 e. The second kappa shape index (κ2) is 4.26. The zero-order chi connectivity index (χ0) is 11.6. The van der Waals surface area contributed by atoms with Gasteiger partial charge >= 0.3 is 5.97 Å². The molecule has 0 unspecified atom stereocenters. The van der Waals surface area contributed by atoms with Crippen LogP contribution in [0.4, 0.5) is 0 Å². The van der Waals surface area contributed by atoms with E-state index in [9.17, 15) is 4.79 Å². The van der Waals surface area contributed by atoms with E-state index in [4.69, 9.17) is 5.11 Å². The molecule has 1 saturated carbocycles. The molecule has 2 N–H and O–H groups in total. The van der Waals surface area contributed by atoms with Crippen molar-refractivity contribution in [1.82, 2.24) is 5.32 Å². The molecule has 3 heteroatoms. The molecule has 0 bridgehead atoms. The summed E-state index contributed by atoms with van der Waals surface area (Å²) in [4.78, 5) is 10.8. The van der Waals surface area contributed by atoms with Crippen molar-refractivity contribution in [2.24, 2.45) is 5.41 Å². The highest BCUT2D eigenvalue weighted by atomic mass is 16.4. The standard InChI is InChI=1S/C13H17NO2/c1-13(5-6-13)9-14-8-10-3-2-4-11(7-10)12(15)16/h2-4,7,14H,5-6,8-9H2,1H3,(H,15,16). The van der Waals surface area contributed by atoms with Crippen molar-refractivity contribution in [3.63, 3.8) is 0 Å². The van der Waals surface area contributed by atoms with Crippen molar-refractivity contribution in [2.45, 2.75) is 26.3 Å². The number of rotatable bonds is 5. The SMILES string of the molecule is CC1(CNCc2cccc(C(=O)O)c2)CC1. The minimum atomic E-state index is -0.865. The number of benzene rings is 1. The molecule has 0 radical (unpaired) electrons. The topological polar surface area (TPSA) is 49.3 Å². The molecule has 2 rings (SSSR count). The van der Waals surface area contributed by atoms with Crippen molar-refractivity contribution >= 4 is 5.97 Å². The lowest BCUT2D eigenvalue weighted by Gasteiger charge is -2.10. The first kappa shape index (κ1) is 11.1. The van der Waals surface area contributed by atoms with E-state index in [1.54, 1.807) is 18.2 Å². The first-order valence-corrected chi connectivity index (χ1v) is 5.62. The molecule has 1 aromatic rings. The van der Waals surface area contributed by atoms with Crippen LogP contribution in [0.5, 0.6) is 0 Å². The minimum Gasteiger partial charge on any atom is -0.478 e. The molecule has 3 nitrogen and oxygen atoms in total. The molecule has 1 aliphatic carbocycles. The second-order valence-electron chi connectivity index (χ2n) is 4.92. The lowest BCUT2D eigenvalue weighted by Crippen LogP contribution is -2.21. The van der Waals surface area contributed by atoms with Gasteiger partial charge in [0.25, 0.3) is 0 Å². The van der Waals surface area contributed by atoms with Crippen molar-refractivity contribution in [2.75, 3.05) is 6.54 Å². The van der Waals surface area contributed by atoms with Crippen LogP contribution >= 0.6 is 0 Å². The number of carbonyl (C=O) groups is 1. The molecule has 0 aliphatic heterocycles. The maximum atomic E-state index is 10.8. The normalized spacial score (nSPS) is 17.1. The Morgan fingerprint density at radius 3 is 2.88 bits per heavy atom.